The summed E-state index contributed by atoms with van der Waals surface area (Å²) >= 11 is 6.22. The van der Waals surface area contributed by atoms with E-state index in [9.17, 15) is 9.18 Å². The lowest BCUT2D eigenvalue weighted by Crippen LogP contribution is -2.32. The first-order valence-electron chi connectivity index (χ1n) is 13.4. The summed E-state index contributed by atoms with van der Waals surface area (Å²) in [6, 6.07) is 9.08. The fourth-order valence-electron chi connectivity index (χ4n) is 5.91. The van der Waals surface area contributed by atoms with E-state index in [2.05, 4.69) is 33.3 Å². The first-order valence-corrected chi connectivity index (χ1v) is 13.8. The molecule has 1 aliphatic heterocycles. The lowest BCUT2D eigenvalue weighted by Gasteiger charge is -2.29. The number of nitrogens with one attached hydrogen (secondary N) is 1. The van der Waals surface area contributed by atoms with Crippen LogP contribution in [0.3, 0.4) is 0 Å². The van der Waals surface area contributed by atoms with Gasteiger partial charge in [0.1, 0.15) is 10.8 Å². The highest BCUT2D eigenvalue weighted by molar-refractivity contribution is 6.29. The van der Waals surface area contributed by atoms with Gasteiger partial charge < -0.3 is 10.2 Å². The number of hydrogen-bond acceptors (Lipinski definition) is 6. The Kier molecular flexibility index (Phi) is 6.80. The minimum absolute atomic E-state index is 0.0537. The van der Waals surface area contributed by atoms with Crippen LogP contribution in [0.2, 0.25) is 5.15 Å². The molecule has 206 valence electrons. The molecule has 5 heterocycles. The summed E-state index contributed by atoms with van der Waals surface area (Å²) < 4.78 is 18.5. The van der Waals surface area contributed by atoms with Crippen LogP contribution in [0.1, 0.15) is 43.0 Å². The second-order valence-corrected chi connectivity index (χ2v) is 11.1. The first-order chi connectivity index (χ1) is 19.2. The summed E-state index contributed by atoms with van der Waals surface area (Å²) in [6.45, 7) is 6.01. The zero-order chi connectivity index (χ0) is 28.1. The molecule has 0 saturated carbocycles. The van der Waals surface area contributed by atoms with Gasteiger partial charge >= 0.3 is 0 Å². The van der Waals surface area contributed by atoms with Gasteiger partial charge in [-0.3, -0.25) is 14.3 Å². The minimum Gasteiger partial charge on any atom is -0.377 e. The predicted molar refractivity (Wildman–Crippen MR) is 157 cm³/mol. The molecule has 10 heteroatoms. The smallest absolute Gasteiger partial charge is 0.259 e. The summed E-state index contributed by atoms with van der Waals surface area (Å²) in [5.41, 5.74) is 4.03. The SMILES string of the molecule is Cc1cc(C(C)Nc2ccc(Cl)nc2-c2ccncc2F)c2c(c1)c(=O)n(C)c1c2cnn1C1CCN(C)CC1. The highest BCUT2D eigenvalue weighted by Gasteiger charge is 2.25. The molecule has 0 amide bonds. The quantitative estimate of drug-likeness (QED) is 0.271. The number of fused-ring (bicyclic) bond motifs is 3. The molecule has 1 aliphatic rings. The molecule has 1 N–H and O–H groups in total. The second-order valence-electron chi connectivity index (χ2n) is 10.8. The normalized spacial score (nSPS) is 15.7. The highest BCUT2D eigenvalue weighted by atomic mass is 35.5. The van der Waals surface area contributed by atoms with Crippen molar-refractivity contribution in [3.63, 3.8) is 0 Å². The van der Waals surface area contributed by atoms with Crippen LogP contribution in [0.5, 0.6) is 0 Å². The van der Waals surface area contributed by atoms with E-state index < -0.39 is 5.82 Å². The lowest BCUT2D eigenvalue weighted by atomic mass is 9.95. The highest BCUT2D eigenvalue weighted by Crippen LogP contribution is 2.36. The van der Waals surface area contributed by atoms with E-state index in [4.69, 9.17) is 16.7 Å². The van der Waals surface area contributed by atoms with Gasteiger partial charge in [-0.25, -0.2) is 14.1 Å². The fourth-order valence-corrected chi connectivity index (χ4v) is 6.06. The van der Waals surface area contributed by atoms with Gasteiger partial charge in [0, 0.05) is 41.0 Å². The molecule has 8 nitrogen and oxygen atoms in total. The van der Waals surface area contributed by atoms with Gasteiger partial charge in [-0.05, 0) is 82.2 Å². The number of aryl methyl sites for hydroxylation is 2. The average molecular weight is 560 g/mol. The Morgan fingerprint density at radius 1 is 1.10 bits per heavy atom. The van der Waals surface area contributed by atoms with Gasteiger partial charge in [0.15, 0.2) is 5.82 Å². The first kappa shape index (κ1) is 26.4. The number of rotatable bonds is 5. The molecule has 0 bridgehead atoms. The van der Waals surface area contributed by atoms with E-state index in [1.807, 2.05) is 37.8 Å². The standard InChI is InChI=1S/C30H31ClFN7O/c1-17-13-21(18(2)35-25-5-6-26(31)36-28(25)20-7-10-33-16-24(20)32)27-22(14-17)30(40)38(4)29-23(27)15-34-39(29)19-8-11-37(3)12-9-19/h5-7,10,13-16,18-19,35H,8-9,11-12H2,1-4H3. The van der Waals surface area contributed by atoms with Gasteiger partial charge in [-0.15, -0.1) is 0 Å². The summed E-state index contributed by atoms with van der Waals surface area (Å²) in [6.07, 6.45) is 6.54. The molecule has 0 radical (unpaired) electrons. The minimum atomic E-state index is -0.486. The van der Waals surface area contributed by atoms with Crippen molar-refractivity contribution >= 4 is 39.1 Å². The third-order valence-electron chi connectivity index (χ3n) is 7.97. The van der Waals surface area contributed by atoms with E-state index in [1.54, 1.807) is 22.8 Å². The fraction of sp³-hybridized carbons (Fsp3) is 0.333. The van der Waals surface area contributed by atoms with Gasteiger partial charge in [0.2, 0.25) is 0 Å². The maximum absolute atomic E-state index is 14.7. The maximum atomic E-state index is 14.7. The summed E-state index contributed by atoms with van der Waals surface area (Å²) in [5, 5.41) is 11.1. The molecule has 4 aromatic heterocycles. The number of pyridine rings is 3. The third kappa shape index (κ3) is 4.53. The molecule has 5 aromatic rings. The summed E-state index contributed by atoms with van der Waals surface area (Å²) in [5.74, 6) is -0.486. The van der Waals surface area contributed by atoms with Gasteiger partial charge in [0.05, 0.1) is 29.8 Å². The van der Waals surface area contributed by atoms with Crippen LogP contribution in [0.25, 0.3) is 33.1 Å². The molecule has 0 aliphatic carbocycles. The Morgan fingerprint density at radius 2 is 1.88 bits per heavy atom. The molecule has 6 rings (SSSR count). The molecule has 1 atom stereocenters. The number of anilines is 1. The van der Waals surface area contributed by atoms with Crippen molar-refractivity contribution in [2.45, 2.75) is 38.8 Å². The van der Waals surface area contributed by atoms with E-state index in [0.717, 1.165) is 59.7 Å². The Morgan fingerprint density at radius 3 is 2.62 bits per heavy atom. The number of benzene rings is 1. The van der Waals surface area contributed by atoms with E-state index >= 15 is 0 Å². The van der Waals surface area contributed by atoms with Crippen molar-refractivity contribution in [1.29, 1.82) is 0 Å². The number of nitrogens with zero attached hydrogens (tertiary/aromatic N) is 6. The van der Waals surface area contributed by atoms with Gasteiger partial charge in [-0.1, -0.05) is 17.7 Å². The Bertz CT molecular complexity index is 1810. The number of halogens is 2. The Hall–Kier alpha value is -3.82. The van der Waals surface area contributed by atoms with Crippen molar-refractivity contribution in [1.82, 2.24) is 29.2 Å². The summed E-state index contributed by atoms with van der Waals surface area (Å²) in [7, 11) is 3.96. The number of aromatic nitrogens is 5. The van der Waals surface area contributed by atoms with Crippen molar-refractivity contribution < 1.29 is 4.39 Å². The zero-order valence-corrected chi connectivity index (χ0v) is 23.7. The van der Waals surface area contributed by atoms with Gasteiger partial charge in [0.25, 0.3) is 5.56 Å². The molecule has 0 spiro atoms. The number of hydrogen-bond donors (Lipinski definition) is 1. The molecular weight excluding hydrogens is 529 g/mol. The van der Waals surface area contributed by atoms with Crippen LogP contribution in [0.4, 0.5) is 10.1 Å². The monoisotopic (exact) mass is 559 g/mol. The zero-order valence-electron chi connectivity index (χ0n) is 22.9. The van der Waals surface area contributed by atoms with E-state index in [1.165, 1.54) is 6.20 Å². The number of likely N-dealkylation sites (tertiary alicyclic amines) is 1. The van der Waals surface area contributed by atoms with Crippen LogP contribution in [-0.4, -0.2) is 49.4 Å². The molecule has 1 aromatic carbocycles. The molecule has 40 heavy (non-hydrogen) atoms. The molecule has 1 fully saturated rings. The van der Waals surface area contributed by atoms with E-state index in [0.29, 0.717) is 22.3 Å². The maximum Gasteiger partial charge on any atom is 0.259 e. The van der Waals surface area contributed by atoms with Crippen molar-refractivity contribution in [3.8, 4) is 11.3 Å². The van der Waals surface area contributed by atoms with Crippen LogP contribution in [-0.2, 0) is 7.05 Å². The largest absolute Gasteiger partial charge is 0.377 e. The number of piperidine rings is 1. The predicted octanol–water partition coefficient (Wildman–Crippen LogP) is 5.89. The molecule has 1 saturated heterocycles. The van der Waals surface area contributed by atoms with E-state index in [-0.39, 0.29) is 22.8 Å². The Labute approximate surface area is 236 Å². The summed E-state index contributed by atoms with van der Waals surface area (Å²) in [4.78, 5) is 24.4. The van der Waals surface area contributed by atoms with Crippen LogP contribution < -0.4 is 10.9 Å². The van der Waals surface area contributed by atoms with Gasteiger partial charge in [-0.2, -0.15) is 5.10 Å². The lowest BCUT2D eigenvalue weighted by molar-refractivity contribution is 0.214. The second kappa shape index (κ2) is 10.3. The average Bonchev–Trinajstić information content (AvgIpc) is 3.38. The van der Waals surface area contributed by atoms with Crippen molar-refractivity contribution in [2.75, 3.05) is 25.5 Å². The van der Waals surface area contributed by atoms with Crippen molar-refractivity contribution in [2.24, 2.45) is 7.05 Å². The van der Waals surface area contributed by atoms with Crippen LogP contribution in [0.15, 0.2) is 53.7 Å². The Balaban J connectivity index is 1.50. The molecular formula is C30H31ClFN7O. The molecule has 1 unspecified atom stereocenters. The van der Waals surface area contributed by atoms with Crippen molar-refractivity contribution in [3.05, 3.63) is 81.4 Å². The topological polar surface area (TPSA) is 80.9 Å². The van der Waals surface area contributed by atoms with Crippen LogP contribution >= 0.6 is 11.6 Å². The van der Waals surface area contributed by atoms with Crippen LogP contribution in [0, 0.1) is 12.7 Å². The third-order valence-corrected chi connectivity index (χ3v) is 8.18.